The SMILES string of the molecule is [B][C@@H]1O[C@H](COS(=O)(=O)NC(=O)CCc2c[nH]c3ccccc23)C(O)C1O. The van der Waals surface area contributed by atoms with Gasteiger partial charge >= 0.3 is 10.3 Å². The number of aromatic nitrogens is 1. The van der Waals surface area contributed by atoms with Crippen molar-refractivity contribution in [2.24, 2.45) is 0 Å². The van der Waals surface area contributed by atoms with Gasteiger partial charge in [0.2, 0.25) is 5.91 Å². The molecule has 1 aromatic carbocycles. The van der Waals surface area contributed by atoms with Crippen LogP contribution < -0.4 is 4.72 Å². The van der Waals surface area contributed by atoms with Gasteiger partial charge in [0.25, 0.3) is 0 Å². The van der Waals surface area contributed by atoms with E-state index in [1.165, 1.54) is 0 Å². The summed E-state index contributed by atoms with van der Waals surface area (Å²) in [6.07, 6.45) is -1.78. The highest BCUT2D eigenvalue weighted by molar-refractivity contribution is 7.85. The Bertz CT molecular complexity index is 916. The normalized spacial score (nSPS) is 25.7. The van der Waals surface area contributed by atoms with Crippen LogP contribution in [0.15, 0.2) is 30.5 Å². The number of aliphatic hydroxyl groups is 2. The van der Waals surface area contributed by atoms with Gasteiger partial charge in [-0.2, -0.15) is 8.42 Å². The third-order valence-corrected chi connectivity index (χ3v) is 5.25. The molecule has 2 heterocycles. The molecule has 3 rings (SSSR count). The molecular weight excluding hydrogens is 375 g/mol. The molecule has 0 spiro atoms. The van der Waals surface area contributed by atoms with Crippen molar-refractivity contribution in [2.75, 3.05) is 6.61 Å². The maximum Gasteiger partial charge on any atom is 0.362 e. The summed E-state index contributed by atoms with van der Waals surface area (Å²) >= 11 is 0. The van der Waals surface area contributed by atoms with Gasteiger partial charge in [-0.15, -0.1) is 0 Å². The van der Waals surface area contributed by atoms with E-state index >= 15 is 0 Å². The lowest BCUT2D eigenvalue weighted by molar-refractivity contribution is -0.119. The number of aliphatic hydroxyl groups excluding tert-OH is 2. The van der Waals surface area contributed by atoms with E-state index in [-0.39, 0.29) is 6.42 Å². The molecular formula is C16H19BN2O7S. The molecule has 1 amide bonds. The molecule has 1 aromatic heterocycles. The summed E-state index contributed by atoms with van der Waals surface area (Å²) in [5, 5.41) is 20.1. The number of carbonyl (C=O) groups is 1. The molecule has 1 aliphatic rings. The minimum Gasteiger partial charge on any atom is -0.388 e. The Morgan fingerprint density at radius 2 is 2.04 bits per heavy atom. The number of para-hydroxylation sites is 1. The van der Waals surface area contributed by atoms with E-state index in [9.17, 15) is 23.4 Å². The van der Waals surface area contributed by atoms with Crippen LogP contribution in [-0.2, 0) is 30.4 Å². The smallest absolute Gasteiger partial charge is 0.362 e. The van der Waals surface area contributed by atoms with Crippen molar-refractivity contribution in [3.8, 4) is 0 Å². The fourth-order valence-corrected chi connectivity index (χ4v) is 3.63. The van der Waals surface area contributed by atoms with Crippen molar-refractivity contribution < 1.29 is 32.3 Å². The Kier molecular flexibility index (Phi) is 5.87. The van der Waals surface area contributed by atoms with E-state index in [2.05, 4.69) is 9.17 Å². The molecule has 27 heavy (non-hydrogen) atoms. The van der Waals surface area contributed by atoms with Gasteiger partial charge in [-0.05, 0) is 18.1 Å². The van der Waals surface area contributed by atoms with Gasteiger partial charge in [0.15, 0.2) is 0 Å². The minimum absolute atomic E-state index is 0.0589. The van der Waals surface area contributed by atoms with Gasteiger partial charge in [-0.3, -0.25) is 8.98 Å². The molecule has 11 heteroatoms. The van der Waals surface area contributed by atoms with Crippen LogP contribution in [-0.4, -0.2) is 68.3 Å². The van der Waals surface area contributed by atoms with Gasteiger partial charge in [-0.1, -0.05) is 18.2 Å². The monoisotopic (exact) mass is 394 g/mol. The van der Waals surface area contributed by atoms with E-state index in [4.69, 9.17) is 12.6 Å². The van der Waals surface area contributed by atoms with E-state index in [1.54, 1.807) is 10.9 Å². The first-order chi connectivity index (χ1) is 12.8. The van der Waals surface area contributed by atoms with Crippen molar-refractivity contribution in [2.45, 2.75) is 37.2 Å². The van der Waals surface area contributed by atoms with Crippen molar-refractivity contribution in [1.29, 1.82) is 0 Å². The highest BCUT2D eigenvalue weighted by Gasteiger charge is 2.40. The number of aryl methyl sites for hydroxylation is 1. The average Bonchev–Trinajstić information content (AvgIpc) is 3.14. The summed E-state index contributed by atoms with van der Waals surface area (Å²) in [6.45, 7) is -0.586. The van der Waals surface area contributed by atoms with Crippen LogP contribution in [0.1, 0.15) is 12.0 Å². The first-order valence-corrected chi connectivity index (χ1v) is 9.70. The fourth-order valence-electron chi connectivity index (χ4n) is 2.88. The number of rotatable bonds is 7. The van der Waals surface area contributed by atoms with Crippen molar-refractivity contribution in [3.05, 3.63) is 36.0 Å². The summed E-state index contributed by atoms with van der Waals surface area (Å²) in [5.41, 5.74) is 1.82. The third-order valence-electron chi connectivity index (χ3n) is 4.32. The Balaban J connectivity index is 1.49. The highest BCUT2D eigenvalue weighted by Crippen LogP contribution is 2.20. The zero-order valence-electron chi connectivity index (χ0n) is 14.2. The largest absolute Gasteiger partial charge is 0.388 e. The van der Waals surface area contributed by atoms with Gasteiger partial charge in [-0.25, -0.2) is 4.72 Å². The van der Waals surface area contributed by atoms with E-state index in [1.807, 2.05) is 24.3 Å². The molecule has 1 saturated heterocycles. The predicted molar refractivity (Wildman–Crippen MR) is 96.1 cm³/mol. The minimum atomic E-state index is -4.38. The molecule has 4 atom stereocenters. The first-order valence-electron chi connectivity index (χ1n) is 8.29. The summed E-state index contributed by atoms with van der Waals surface area (Å²) < 4.78 is 35.1. The number of carbonyl (C=O) groups excluding carboxylic acids is 1. The number of nitrogens with one attached hydrogen (secondary N) is 2. The van der Waals surface area contributed by atoms with Crippen LogP contribution in [0.25, 0.3) is 10.9 Å². The molecule has 9 nitrogen and oxygen atoms in total. The Hall–Kier alpha value is -1.92. The quantitative estimate of drug-likeness (QED) is 0.446. The molecule has 144 valence electrons. The number of amides is 1. The third kappa shape index (κ3) is 4.68. The second-order valence-electron chi connectivity index (χ2n) is 6.24. The highest BCUT2D eigenvalue weighted by atomic mass is 32.2. The molecule has 0 aliphatic carbocycles. The zero-order valence-corrected chi connectivity index (χ0v) is 15.1. The Morgan fingerprint density at radius 3 is 2.74 bits per heavy atom. The van der Waals surface area contributed by atoms with Crippen molar-refractivity contribution >= 4 is 35.0 Å². The first kappa shape index (κ1) is 19.8. The molecule has 0 bridgehead atoms. The van der Waals surface area contributed by atoms with Crippen LogP contribution in [0.5, 0.6) is 0 Å². The summed E-state index contributed by atoms with van der Waals surface area (Å²) in [5.74, 6) is -0.732. The predicted octanol–water partition coefficient (Wildman–Crippen LogP) is -0.907. The number of hydrogen-bond donors (Lipinski definition) is 4. The van der Waals surface area contributed by atoms with Gasteiger partial charge < -0.3 is 19.9 Å². The molecule has 2 unspecified atom stereocenters. The maximum atomic E-state index is 11.9. The number of hydrogen-bond acceptors (Lipinski definition) is 7. The summed E-state index contributed by atoms with van der Waals surface area (Å²) in [4.78, 5) is 15.0. The van der Waals surface area contributed by atoms with E-state index in [0.717, 1.165) is 16.5 Å². The lowest BCUT2D eigenvalue weighted by Gasteiger charge is -2.15. The topological polar surface area (TPSA) is 138 Å². The number of benzene rings is 1. The summed E-state index contributed by atoms with van der Waals surface area (Å²) in [7, 11) is 1.01. The molecule has 2 aromatic rings. The zero-order chi connectivity index (χ0) is 19.6. The lowest BCUT2D eigenvalue weighted by atomic mass is 9.93. The molecule has 0 saturated carbocycles. The molecule has 1 fully saturated rings. The maximum absolute atomic E-state index is 11.9. The summed E-state index contributed by atoms with van der Waals surface area (Å²) in [6, 6.07) is 6.43. The van der Waals surface area contributed by atoms with E-state index in [0.29, 0.717) is 6.42 Å². The van der Waals surface area contributed by atoms with Crippen LogP contribution >= 0.6 is 0 Å². The van der Waals surface area contributed by atoms with Gasteiger partial charge in [0.05, 0.1) is 12.7 Å². The molecule has 1 aliphatic heterocycles. The second kappa shape index (κ2) is 7.99. The van der Waals surface area contributed by atoms with Crippen LogP contribution in [0, 0.1) is 0 Å². The lowest BCUT2D eigenvalue weighted by Crippen LogP contribution is -2.38. The Morgan fingerprint density at radius 1 is 1.30 bits per heavy atom. The van der Waals surface area contributed by atoms with Crippen molar-refractivity contribution in [1.82, 2.24) is 9.71 Å². The fraction of sp³-hybridized carbons (Fsp3) is 0.438. The van der Waals surface area contributed by atoms with Crippen LogP contribution in [0.4, 0.5) is 0 Å². The number of aromatic amines is 1. The Labute approximate surface area is 157 Å². The number of fused-ring (bicyclic) bond motifs is 1. The van der Waals surface area contributed by atoms with Crippen molar-refractivity contribution in [3.63, 3.8) is 0 Å². The molecule has 4 N–H and O–H groups in total. The standard InChI is InChI=1S/C16H19BN2O7S/c17-16-15(22)14(21)12(26-16)8-25-27(23,24)19-13(20)6-5-9-7-18-11-4-2-1-3-10(9)11/h1-4,7,12,14-16,18,21-22H,5-6,8H2,(H,19,20)/t12-,14?,15?,16-/m1/s1. The van der Waals surface area contributed by atoms with Crippen LogP contribution in [0.3, 0.4) is 0 Å². The second-order valence-corrected chi connectivity index (χ2v) is 7.59. The van der Waals surface area contributed by atoms with Gasteiger partial charge in [0.1, 0.15) is 20.1 Å². The molecule has 2 radical (unpaired) electrons. The van der Waals surface area contributed by atoms with Crippen LogP contribution in [0.2, 0.25) is 0 Å². The van der Waals surface area contributed by atoms with E-state index < -0.39 is 47.1 Å². The van der Waals surface area contributed by atoms with Gasteiger partial charge in [0, 0.05) is 29.5 Å². The number of ether oxygens (including phenoxy) is 1. The average molecular weight is 394 g/mol. The number of H-pyrrole nitrogens is 1.